The largest absolute Gasteiger partial charge is 0.455 e. The molecule has 0 aliphatic rings. The number of nitrogens with zero attached hydrogens (tertiary/aromatic N) is 1. The van der Waals surface area contributed by atoms with Crippen molar-refractivity contribution < 1.29 is 5.79 Å². The molecule has 0 spiro atoms. The molecular formula is C29H29NOSi. The minimum atomic E-state index is -1.31. The van der Waals surface area contributed by atoms with Gasteiger partial charge in [-0.1, -0.05) is 81.1 Å². The number of aromatic nitrogens is 1. The monoisotopic (exact) mass is 436 g/mol. The van der Waals surface area contributed by atoms with Crippen molar-refractivity contribution in [1.29, 1.82) is 0 Å². The molecule has 2 aromatic heterocycles. The minimum absolute atomic E-state index is 0.681. The standard InChI is InChI=1S/C29H29NOSi/c1-19(2)21-15-16-30-27(17-21)26-8-6-7-25-24-14-11-22(18-28(24)31-29(25)26)20-9-12-23(13-10-20)32(3,4)5/h6-19H,1-5H3/i19D. The average Bonchev–Trinajstić information content (AvgIpc) is 3.16. The van der Waals surface area contributed by atoms with Crippen molar-refractivity contribution in [1.82, 2.24) is 4.98 Å². The Morgan fingerprint density at radius 1 is 0.844 bits per heavy atom. The second-order valence-corrected chi connectivity index (χ2v) is 14.8. The Morgan fingerprint density at radius 2 is 1.59 bits per heavy atom. The zero-order valence-electron chi connectivity index (χ0n) is 20.4. The van der Waals surface area contributed by atoms with Gasteiger partial charge in [0.15, 0.2) is 0 Å². The van der Waals surface area contributed by atoms with Crippen LogP contribution < -0.4 is 5.19 Å². The molecule has 0 saturated carbocycles. The molecule has 160 valence electrons. The molecule has 0 aliphatic carbocycles. The number of furan rings is 1. The fraction of sp³-hybridized carbons (Fsp3) is 0.207. The Labute approximate surface area is 192 Å². The van der Waals surface area contributed by atoms with Gasteiger partial charge in [0.2, 0.25) is 0 Å². The quantitative estimate of drug-likeness (QED) is 0.267. The summed E-state index contributed by atoms with van der Waals surface area (Å²) in [6.07, 6.45) is 1.78. The van der Waals surface area contributed by atoms with Gasteiger partial charge in [-0.25, -0.2) is 0 Å². The molecule has 32 heavy (non-hydrogen) atoms. The van der Waals surface area contributed by atoms with Crippen molar-refractivity contribution in [3.05, 3.63) is 84.6 Å². The summed E-state index contributed by atoms with van der Waals surface area (Å²) >= 11 is 0. The van der Waals surface area contributed by atoms with E-state index in [-0.39, 0.29) is 0 Å². The van der Waals surface area contributed by atoms with Gasteiger partial charge in [-0.3, -0.25) is 4.98 Å². The maximum Gasteiger partial charge on any atom is 0.144 e. The third-order valence-electron chi connectivity index (χ3n) is 6.20. The van der Waals surface area contributed by atoms with E-state index in [0.717, 1.165) is 44.3 Å². The summed E-state index contributed by atoms with van der Waals surface area (Å²) in [5.41, 5.74) is 6.79. The van der Waals surface area contributed by atoms with Crippen LogP contribution in [0.4, 0.5) is 0 Å². The van der Waals surface area contributed by atoms with Gasteiger partial charge in [0, 0.05) is 23.9 Å². The van der Waals surface area contributed by atoms with Crippen LogP contribution in [-0.4, -0.2) is 13.1 Å². The van der Waals surface area contributed by atoms with E-state index in [1.54, 1.807) is 6.20 Å². The van der Waals surface area contributed by atoms with Gasteiger partial charge >= 0.3 is 0 Å². The fourth-order valence-corrected chi connectivity index (χ4v) is 5.40. The van der Waals surface area contributed by atoms with E-state index < -0.39 is 14.0 Å². The number of pyridine rings is 1. The molecule has 2 heterocycles. The van der Waals surface area contributed by atoms with Gasteiger partial charge in [0.05, 0.1) is 13.8 Å². The van der Waals surface area contributed by atoms with Crippen LogP contribution in [0.3, 0.4) is 0 Å². The van der Waals surface area contributed by atoms with E-state index >= 15 is 0 Å². The van der Waals surface area contributed by atoms with Crippen LogP contribution in [-0.2, 0) is 0 Å². The minimum Gasteiger partial charge on any atom is -0.455 e. The Hall–Kier alpha value is -3.17. The van der Waals surface area contributed by atoms with Crippen LogP contribution in [0, 0.1) is 0 Å². The Bertz CT molecular complexity index is 1470. The van der Waals surface area contributed by atoms with Crippen molar-refractivity contribution >= 4 is 35.2 Å². The van der Waals surface area contributed by atoms with Crippen molar-refractivity contribution in [3.8, 4) is 22.4 Å². The SMILES string of the molecule is [2H]C(C)(C)c1ccnc(-c2cccc3c2oc2cc(-c4ccc([Si](C)(C)C)cc4)ccc23)c1. The van der Waals surface area contributed by atoms with E-state index in [9.17, 15) is 0 Å². The molecule has 3 heteroatoms. The number of hydrogen-bond acceptors (Lipinski definition) is 2. The Morgan fingerprint density at radius 3 is 2.31 bits per heavy atom. The first kappa shape index (κ1) is 19.5. The first-order valence-electron chi connectivity index (χ1n) is 11.6. The van der Waals surface area contributed by atoms with Crippen molar-refractivity contribution in [2.45, 2.75) is 39.4 Å². The van der Waals surface area contributed by atoms with E-state index in [1.807, 2.05) is 32.0 Å². The van der Waals surface area contributed by atoms with Crippen LogP contribution in [0.5, 0.6) is 0 Å². The van der Waals surface area contributed by atoms with Crippen molar-refractivity contribution in [3.63, 3.8) is 0 Å². The number of hydrogen-bond donors (Lipinski definition) is 0. The average molecular weight is 437 g/mol. The summed E-state index contributed by atoms with van der Waals surface area (Å²) in [6, 6.07) is 25.6. The van der Waals surface area contributed by atoms with E-state index in [0.29, 0.717) is 0 Å². The zero-order valence-corrected chi connectivity index (χ0v) is 20.4. The maximum absolute atomic E-state index is 8.39. The van der Waals surface area contributed by atoms with Gasteiger partial charge in [0.1, 0.15) is 11.2 Å². The summed E-state index contributed by atoms with van der Waals surface area (Å²) in [7, 11) is -1.31. The highest BCUT2D eigenvalue weighted by Gasteiger charge is 2.17. The molecule has 0 saturated heterocycles. The molecule has 5 aromatic rings. The van der Waals surface area contributed by atoms with E-state index in [2.05, 4.69) is 79.2 Å². The predicted molar refractivity (Wildman–Crippen MR) is 139 cm³/mol. The molecule has 0 fully saturated rings. The van der Waals surface area contributed by atoms with E-state index in [4.69, 9.17) is 5.79 Å². The summed E-state index contributed by atoms with van der Waals surface area (Å²) in [5.74, 6) is -0.681. The van der Waals surface area contributed by atoms with Crippen LogP contribution in [0.25, 0.3) is 44.3 Å². The first-order valence-corrected chi connectivity index (χ1v) is 14.6. The number of para-hydroxylation sites is 1. The highest BCUT2D eigenvalue weighted by molar-refractivity contribution is 6.88. The normalized spacial score (nSPS) is 13.0. The molecular weight excluding hydrogens is 406 g/mol. The Kier molecular flexibility index (Phi) is 4.73. The van der Waals surface area contributed by atoms with Gasteiger partial charge in [-0.05, 0) is 52.9 Å². The van der Waals surface area contributed by atoms with Crippen LogP contribution >= 0.6 is 0 Å². The maximum atomic E-state index is 8.39. The highest BCUT2D eigenvalue weighted by atomic mass is 28.3. The van der Waals surface area contributed by atoms with E-state index in [1.165, 1.54) is 10.8 Å². The molecule has 0 atom stereocenters. The smallest absolute Gasteiger partial charge is 0.144 e. The summed E-state index contributed by atoms with van der Waals surface area (Å²) < 4.78 is 14.8. The molecule has 0 aliphatic heterocycles. The lowest BCUT2D eigenvalue weighted by molar-refractivity contribution is 0.670. The molecule has 0 unspecified atom stereocenters. The molecule has 0 radical (unpaired) electrons. The molecule has 3 aromatic carbocycles. The van der Waals surface area contributed by atoms with Gasteiger partial charge in [-0.2, -0.15) is 0 Å². The second-order valence-electron chi connectivity index (χ2n) is 9.75. The fourth-order valence-electron chi connectivity index (χ4n) is 4.23. The molecule has 5 rings (SSSR count). The third-order valence-corrected chi connectivity index (χ3v) is 8.26. The molecule has 0 amide bonds. The number of rotatable bonds is 4. The summed E-state index contributed by atoms with van der Waals surface area (Å²) in [6.45, 7) is 10.9. The molecule has 2 nitrogen and oxygen atoms in total. The Balaban J connectivity index is 1.62. The summed E-state index contributed by atoms with van der Waals surface area (Å²) in [5, 5.41) is 3.65. The third kappa shape index (κ3) is 3.67. The van der Waals surface area contributed by atoms with Crippen molar-refractivity contribution in [2.24, 2.45) is 0 Å². The predicted octanol–water partition coefficient (Wildman–Crippen LogP) is 7.98. The number of fused-ring (bicyclic) bond motifs is 3. The van der Waals surface area contributed by atoms with Gasteiger partial charge in [-0.15, -0.1) is 0 Å². The van der Waals surface area contributed by atoms with Gasteiger partial charge in [0.25, 0.3) is 0 Å². The molecule has 0 N–H and O–H groups in total. The van der Waals surface area contributed by atoms with Gasteiger partial charge < -0.3 is 4.42 Å². The zero-order chi connectivity index (χ0) is 23.4. The van der Waals surface area contributed by atoms with Crippen molar-refractivity contribution in [2.75, 3.05) is 0 Å². The van der Waals surface area contributed by atoms with Crippen LogP contribution in [0.15, 0.2) is 83.4 Å². The second kappa shape index (κ2) is 7.75. The lowest BCUT2D eigenvalue weighted by Crippen LogP contribution is -2.37. The first-order chi connectivity index (χ1) is 15.6. The molecule has 0 bridgehead atoms. The lowest BCUT2D eigenvalue weighted by Gasteiger charge is -2.16. The lowest BCUT2D eigenvalue weighted by atomic mass is 10.00. The summed E-state index contributed by atoms with van der Waals surface area (Å²) in [4.78, 5) is 4.60. The number of benzene rings is 3. The topological polar surface area (TPSA) is 26.0 Å². The highest BCUT2D eigenvalue weighted by Crippen LogP contribution is 2.37. The van der Waals surface area contributed by atoms with Crippen LogP contribution in [0.2, 0.25) is 19.6 Å². The van der Waals surface area contributed by atoms with Crippen LogP contribution in [0.1, 0.15) is 26.7 Å².